The van der Waals surface area contributed by atoms with Gasteiger partial charge in [-0.2, -0.15) is 11.8 Å². The molecule has 1 N–H and O–H groups in total. The van der Waals surface area contributed by atoms with E-state index >= 15 is 0 Å². The van der Waals surface area contributed by atoms with E-state index in [9.17, 15) is 5.11 Å². The zero-order valence-corrected chi connectivity index (χ0v) is 11.0. The van der Waals surface area contributed by atoms with Crippen molar-refractivity contribution in [3.05, 3.63) is 0 Å². The van der Waals surface area contributed by atoms with Crippen LogP contribution in [0.4, 0.5) is 0 Å². The van der Waals surface area contributed by atoms with Crippen molar-refractivity contribution in [2.24, 2.45) is 0 Å². The van der Waals surface area contributed by atoms with Gasteiger partial charge < -0.3 is 10.0 Å². The maximum absolute atomic E-state index is 10.1. The standard InChI is InChI=1S/C12H25NOS/c1-3-13(4-2)9-10-15-11-12(14)7-5-6-8-12/h14H,3-11H2,1-2H3. The second kappa shape index (κ2) is 6.77. The van der Waals surface area contributed by atoms with Crippen LogP contribution in [-0.2, 0) is 0 Å². The van der Waals surface area contributed by atoms with E-state index in [2.05, 4.69) is 18.7 Å². The fourth-order valence-corrected chi connectivity index (χ4v) is 3.37. The molecule has 1 rings (SSSR count). The number of rotatable bonds is 7. The second-order valence-electron chi connectivity index (χ2n) is 4.51. The molecule has 0 aromatic rings. The van der Waals surface area contributed by atoms with Crippen LogP contribution in [0.15, 0.2) is 0 Å². The van der Waals surface area contributed by atoms with E-state index in [1.54, 1.807) is 0 Å². The Kier molecular flexibility index (Phi) is 6.02. The Hall–Kier alpha value is 0.270. The third-order valence-corrected chi connectivity index (χ3v) is 4.56. The minimum atomic E-state index is -0.325. The molecule has 0 spiro atoms. The van der Waals surface area contributed by atoms with Gasteiger partial charge in [0.15, 0.2) is 0 Å². The summed E-state index contributed by atoms with van der Waals surface area (Å²) in [6.07, 6.45) is 4.47. The first-order valence-electron chi connectivity index (χ1n) is 6.22. The molecule has 0 saturated heterocycles. The zero-order chi connectivity index (χ0) is 11.1. The first kappa shape index (κ1) is 13.3. The largest absolute Gasteiger partial charge is 0.389 e. The van der Waals surface area contributed by atoms with E-state index < -0.39 is 0 Å². The highest BCUT2D eigenvalue weighted by Gasteiger charge is 2.30. The molecule has 0 aromatic heterocycles. The van der Waals surface area contributed by atoms with Gasteiger partial charge in [0.1, 0.15) is 0 Å². The van der Waals surface area contributed by atoms with Crippen LogP contribution < -0.4 is 0 Å². The topological polar surface area (TPSA) is 23.5 Å². The SMILES string of the molecule is CCN(CC)CCSCC1(O)CCCC1. The lowest BCUT2D eigenvalue weighted by Crippen LogP contribution is -2.29. The van der Waals surface area contributed by atoms with Crippen LogP contribution >= 0.6 is 11.8 Å². The van der Waals surface area contributed by atoms with Crippen molar-refractivity contribution in [1.82, 2.24) is 4.90 Å². The minimum absolute atomic E-state index is 0.325. The van der Waals surface area contributed by atoms with Crippen molar-refractivity contribution < 1.29 is 5.11 Å². The monoisotopic (exact) mass is 231 g/mol. The number of hydrogen-bond donors (Lipinski definition) is 1. The average molecular weight is 231 g/mol. The Labute approximate surface area is 98.4 Å². The normalized spacial score (nSPS) is 20.0. The molecule has 0 unspecified atom stereocenters. The smallest absolute Gasteiger partial charge is 0.0737 e. The third kappa shape index (κ3) is 4.75. The number of hydrogen-bond acceptors (Lipinski definition) is 3. The maximum atomic E-state index is 10.1. The molecule has 0 heterocycles. The lowest BCUT2D eigenvalue weighted by Gasteiger charge is -2.22. The van der Waals surface area contributed by atoms with Crippen LogP contribution in [0.5, 0.6) is 0 Å². The van der Waals surface area contributed by atoms with Gasteiger partial charge in [-0.15, -0.1) is 0 Å². The molecule has 1 saturated carbocycles. The highest BCUT2D eigenvalue weighted by atomic mass is 32.2. The van der Waals surface area contributed by atoms with Crippen molar-refractivity contribution in [3.63, 3.8) is 0 Å². The molecule has 1 aliphatic carbocycles. The maximum Gasteiger partial charge on any atom is 0.0737 e. The fourth-order valence-electron chi connectivity index (χ4n) is 2.17. The van der Waals surface area contributed by atoms with Crippen molar-refractivity contribution in [1.29, 1.82) is 0 Å². The number of aliphatic hydroxyl groups is 1. The summed E-state index contributed by atoms with van der Waals surface area (Å²) in [7, 11) is 0. The Morgan fingerprint density at radius 3 is 2.33 bits per heavy atom. The summed E-state index contributed by atoms with van der Waals surface area (Å²) in [6.45, 7) is 7.85. The van der Waals surface area contributed by atoms with Crippen LogP contribution in [0, 0.1) is 0 Å². The Morgan fingerprint density at radius 2 is 1.80 bits per heavy atom. The van der Waals surface area contributed by atoms with E-state index in [1.807, 2.05) is 11.8 Å². The van der Waals surface area contributed by atoms with Gasteiger partial charge >= 0.3 is 0 Å². The Balaban J connectivity index is 2.05. The summed E-state index contributed by atoms with van der Waals surface area (Å²) in [5.74, 6) is 2.10. The molecule has 0 aromatic carbocycles. The van der Waals surface area contributed by atoms with E-state index in [-0.39, 0.29) is 5.60 Å². The lowest BCUT2D eigenvalue weighted by molar-refractivity contribution is 0.0732. The van der Waals surface area contributed by atoms with Gasteiger partial charge in [0.05, 0.1) is 5.60 Å². The van der Waals surface area contributed by atoms with E-state index in [4.69, 9.17) is 0 Å². The summed E-state index contributed by atoms with van der Waals surface area (Å²) in [5, 5.41) is 10.1. The van der Waals surface area contributed by atoms with Crippen LogP contribution in [0.25, 0.3) is 0 Å². The molecule has 0 bridgehead atoms. The van der Waals surface area contributed by atoms with E-state index in [0.717, 1.165) is 44.0 Å². The quantitative estimate of drug-likeness (QED) is 0.681. The van der Waals surface area contributed by atoms with Gasteiger partial charge in [-0.1, -0.05) is 26.7 Å². The fraction of sp³-hybridized carbons (Fsp3) is 1.00. The van der Waals surface area contributed by atoms with Gasteiger partial charge in [0, 0.05) is 18.1 Å². The van der Waals surface area contributed by atoms with Crippen LogP contribution in [-0.4, -0.2) is 46.7 Å². The molecule has 3 heteroatoms. The third-order valence-electron chi connectivity index (χ3n) is 3.35. The van der Waals surface area contributed by atoms with Gasteiger partial charge in [0.2, 0.25) is 0 Å². The van der Waals surface area contributed by atoms with Crippen molar-refractivity contribution >= 4 is 11.8 Å². The molecule has 15 heavy (non-hydrogen) atoms. The summed E-state index contributed by atoms with van der Waals surface area (Å²) < 4.78 is 0. The molecule has 90 valence electrons. The predicted molar refractivity (Wildman–Crippen MR) is 68.5 cm³/mol. The molecule has 0 amide bonds. The summed E-state index contributed by atoms with van der Waals surface area (Å²) in [4.78, 5) is 2.44. The molecule has 0 radical (unpaired) electrons. The molecule has 1 aliphatic rings. The predicted octanol–water partition coefficient (Wildman–Crippen LogP) is 2.37. The van der Waals surface area contributed by atoms with E-state index in [1.165, 1.54) is 12.8 Å². The molecule has 1 fully saturated rings. The molecule has 2 nitrogen and oxygen atoms in total. The van der Waals surface area contributed by atoms with Crippen molar-refractivity contribution in [3.8, 4) is 0 Å². The first-order valence-corrected chi connectivity index (χ1v) is 7.38. The highest BCUT2D eigenvalue weighted by molar-refractivity contribution is 7.99. The summed E-state index contributed by atoms with van der Waals surface area (Å²) >= 11 is 1.92. The summed E-state index contributed by atoms with van der Waals surface area (Å²) in [5.41, 5.74) is -0.325. The second-order valence-corrected chi connectivity index (χ2v) is 5.62. The molecule has 0 aliphatic heterocycles. The van der Waals surface area contributed by atoms with Gasteiger partial charge in [-0.05, 0) is 25.9 Å². The van der Waals surface area contributed by atoms with E-state index in [0.29, 0.717) is 0 Å². The first-order chi connectivity index (χ1) is 7.20. The highest BCUT2D eigenvalue weighted by Crippen LogP contribution is 2.32. The summed E-state index contributed by atoms with van der Waals surface area (Å²) in [6, 6.07) is 0. The van der Waals surface area contributed by atoms with Crippen LogP contribution in [0.2, 0.25) is 0 Å². The van der Waals surface area contributed by atoms with Crippen molar-refractivity contribution in [2.75, 3.05) is 31.1 Å². The number of nitrogens with zero attached hydrogens (tertiary/aromatic N) is 1. The Bertz CT molecular complexity index is 165. The molecular weight excluding hydrogens is 206 g/mol. The van der Waals surface area contributed by atoms with Gasteiger partial charge in [0.25, 0.3) is 0 Å². The molecule has 0 atom stereocenters. The Morgan fingerprint density at radius 1 is 1.20 bits per heavy atom. The van der Waals surface area contributed by atoms with Crippen LogP contribution in [0.1, 0.15) is 39.5 Å². The van der Waals surface area contributed by atoms with Gasteiger partial charge in [-0.25, -0.2) is 0 Å². The number of thioether (sulfide) groups is 1. The minimum Gasteiger partial charge on any atom is -0.389 e. The molecular formula is C12H25NOS. The average Bonchev–Trinajstić information content (AvgIpc) is 2.66. The van der Waals surface area contributed by atoms with Crippen LogP contribution in [0.3, 0.4) is 0 Å². The van der Waals surface area contributed by atoms with Crippen molar-refractivity contribution in [2.45, 2.75) is 45.1 Å². The lowest BCUT2D eigenvalue weighted by atomic mass is 10.1. The van der Waals surface area contributed by atoms with Gasteiger partial charge in [-0.3, -0.25) is 0 Å². The zero-order valence-electron chi connectivity index (χ0n) is 10.2.